The zero-order chi connectivity index (χ0) is 15.9. The van der Waals surface area contributed by atoms with Gasteiger partial charge in [0.25, 0.3) is 0 Å². The zero-order valence-electron chi connectivity index (χ0n) is 13.7. The van der Waals surface area contributed by atoms with Gasteiger partial charge in [0.1, 0.15) is 11.4 Å². The third-order valence-corrected chi connectivity index (χ3v) is 4.69. The minimum absolute atomic E-state index is 0.108. The molecule has 0 radical (unpaired) electrons. The number of nitrogens with zero attached hydrogens (tertiary/aromatic N) is 4. The quantitative estimate of drug-likeness (QED) is 0.837. The molecule has 1 aromatic heterocycles. The summed E-state index contributed by atoms with van der Waals surface area (Å²) in [7, 11) is 0. The number of amides is 1. The van der Waals surface area contributed by atoms with Crippen molar-refractivity contribution >= 4 is 22.8 Å². The number of piperazine rings is 1. The number of carbonyl (C=O) groups excluding carboxylic acids is 1. The number of hydrogen-bond acceptors (Lipinski definition) is 6. The second-order valence-electron chi connectivity index (χ2n) is 7.18. The van der Waals surface area contributed by atoms with Gasteiger partial charge in [0, 0.05) is 43.1 Å². The Balaban J connectivity index is 1.60. The molecule has 1 saturated carbocycles. The van der Waals surface area contributed by atoms with Gasteiger partial charge in [-0.2, -0.15) is 4.37 Å². The maximum atomic E-state index is 12.2. The smallest absolute Gasteiger partial charge is 0.410 e. The first-order valence-electron chi connectivity index (χ1n) is 7.91. The van der Waals surface area contributed by atoms with Crippen LogP contribution in [0.4, 0.5) is 9.93 Å². The minimum atomic E-state index is -0.452. The molecule has 3 rings (SSSR count). The van der Waals surface area contributed by atoms with E-state index in [9.17, 15) is 4.79 Å². The van der Waals surface area contributed by atoms with Crippen LogP contribution >= 0.6 is 11.5 Å². The van der Waals surface area contributed by atoms with Gasteiger partial charge in [-0.25, -0.2) is 9.78 Å². The van der Waals surface area contributed by atoms with Crippen molar-refractivity contribution in [2.24, 2.45) is 0 Å². The van der Waals surface area contributed by atoms with Gasteiger partial charge in [0.15, 0.2) is 0 Å². The summed E-state index contributed by atoms with van der Waals surface area (Å²) >= 11 is 1.48. The van der Waals surface area contributed by atoms with Gasteiger partial charge in [-0.15, -0.1) is 0 Å². The Morgan fingerprint density at radius 2 is 2.05 bits per heavy atom. The summed E-state index contributed by atoms with van der Waals surface area (Å²) in [6, 6.07) is 0.108. The lowest BCUT2D eigenvalue weighted by molar-refractivity contribution is 0.0159. The Morgan fingerprint density at radius 1 is 1.32 bits per heavy atom. The molecule has 2 aliphatic rings. The molecule has 1 aromatic rings. The van der Waals surface area contributed by atoms with Crippen molar-refractivity contribution < 1.29 is 9.53 Å². The molecular weight excluding hydrogens is 300 g/mol. The van der Waals surface area contributed by atoms with Gasteiger partial charge >= 0.3 is 6.09 Å². The van der Waals surface area contributed by atoms with E-state index in [2.05, 4.69) is 21.2 Å². The second kappa shape index (κ2) is 5.68. The fraction of sp³-hybridized carbons (Fsp3) is 0.800. The normalized spacial score (nSPS) is 22.8. The minimum Gasteiger partial charge on any atom is -0.444 e. The van der Waals surface area contributed by atoms with Crippen LogP contribution in [-0.2, 0) is 4.74 Å². The van der Waals surface area contributed by atoms with Crippen LogP contribution in [0, 0.1) is 0 Å². The van der Waals surface area contributed by atoms with Crippen molar-refractivity contribution in [1.82, 2.24) is 14.3 Å². The first-order chi connectivity index (χ1) is 10.3. The van der Waals surface area contributed by atoms with Crippen molar-refractivity contribution in [2.75, 3.05) is 24.5 Å². The highest BCUT2D eigenvalue weighted by Gasteiger charge is 2.33. The molecule has 2 heterocycles. The van der Waals surface area contributed by atoms with E-state index in [1.807, 2.05) is 25.7 Å². The lowest BCUT2D eigenvalue weighted by Crippen LogP contribution is -2.55. The Bertz CT molecular complexity index is 550. The Labute approximate surface area is 135 Å². The molecule has 122 valence electrons. The lowest BCUT2D eigenvalue weighted by Gasteiger charge is -2.39. The molecule has 1 aliphatic carbocycles. The highest BCUT2D eigenvalue weighted by Crippen LogP contribution is 2.39. The molecule has 0 N–H and O–H groups in total. The third-order valence-electron chi connectivity index (χ3n) is 3.90. The highest BCUT2D eigenvalue weighted by atomic mass is 32.1. The number of carbonyl (C=O) groups is 1. The zero-order valence-corrected chi connectivity index (χ0v) is 14.5. The van der Waals surface area contributed by atoms with Crippen LogP contribution in [0.25, 0.3) is 0 Å². The van der Waals surface area contributed by atoms with E-state index >= 15 is 0 Å². The van der Waals surface area contributed by atoms with Crippen LogP contribution in [-0.4, -0.2) is 51.6 Å². The summed E-state index contributed by atoms with van der Waals surface area (Å²) < 4.78 is 9.94. The Morgan fingerprint density at radius 3 is 2.64 bits per heavy atom. The van der Waals surface area contributed by atoms with Crippen LogP contribution in [0.5, 0.6) is 0 Å². The number of ether oxygens (including phenoxy) is 1. The molecule has 1 amide bonds. The number of rotatable bonds is 2. The van der Waals surface area contributed by atoms with E-state index in [0.717, 1.165) is 24.0 Å². The molecular formula is C15H24N4O2S. The van der Waals surface area contributed by atoms with Crippen molar-refractivity contribution in [3.63, 3.8) is 0 Å². The van der Waals surface area contributed by atoms with E-state index in [4.69, 9.17) is 4.74 Å². The third kappa shape index (κ3) is 3.51. The van der Waals surface area contributed by atoms with E-state index in [0.29, 0.717) is 12.5 Å². The van der Waals surface area contributed by atoms with Crippen LogP contribution in [0.2, 0.25) is 0 Å². The van der Waals surface area contributed by atoms with Crippen molar-refractivity contribution in [2.45, 2.75) is 58.1 Å². The van der Waals surface area contributed by atoms with Crippen molar-refractivity contribution in [3.8, 4) is 0 Å². The number of hydrogen-bond donors (Lipinski definition) is 0. The highest BCUT2D eigenvalue weighted by molar-refractivity contribution is 7.09. The van der Waals surface area contributed by atoms with Gasteiger partial charge in [0.2, 0.25) is 5.13 Å². The Hall–Kier alpha value is -1.37. The maximum Gasteiger partial charge on any atom is 0.410 e. The van der Waals surface area contributed by atoms with Gasteiger partial charge in [-0.3, -0.25) is 0 Å². The largest absolute Gasteiger partial charge is 0.444 e. The first kappa shape index (κ1) is 15.5. The second-order valence-corrected chi connectivity index (χ2v) is 7.91. The molecule has 1 saturated heterocycles. The molecule has 6 nitrogen and oxygen atoms in total. The molecule has 0 unspecified atom stereocenters. The van der Waals surface area contributed by atoms with Crippen molar-refractivity contribution in [3.05, 3.63) is 5.82 Å². The molecule has 22 heavy (non-hydrogen) atoms. The van der Waals surface area contributed by atoms with E-state index in [1.54, 1.807) is 0 Å². The average Bonchev–Trinajstić information content (AvgIpc) is 3.14. The molecule has 7 heteroatoms. The monoisotopic (exact) mass is 324 g/mol. The van der Waals surface area contributed by atoms with Gasteiger partial charge in [-0.1, -0.05) is 0 Å². The molecule has 0 spiro atoms. The predicted molar refractivity (Wildman–Crippen MR) is 86.5 cm³/mol. The molecule has 2 fully saturated rings. The first-order valence-corrected chi connectivity index (χ1v) is 8.69. The SMILES string of the molecule is C[C@@H]1CN(c2nc(C3CC3)ns2)CCN1C(=O)OC(C)(C)C. The molecule has 0 aromatic carbocycles. The summed E-state index contributed by atoms with van der Waals surface area (Å²) in [5.74, 6) is 1.59. The fourth-order valence-corrected chi connectivity index (χ4v) is 3.37. The van der Waals surface area contributed by atoms with E-state index in [-0.39, 0.29) is 12.1 Å². The predicted octanol–water partition coefficient (Wildman–Crippen LogP) is 2.86. The molecule has 1 atom stereocenters. The standard InChI is InChI=1S/C15H24N4O2S/c1-10-9-18(13-16-12(17-22-13)11-5-6-11)7-8-19(10)14(20)21-15(2,3)4/h10-11H,5-9H2,1-4H3/t10-/m1/s1. The summed E-state index contributed by atoms with van der Waals surface area (Å²) in [5, 5.41) is 0.984. The number of anilines is 1. The summed E-state index contributed by atoms with van der Waals surface area (Å²) in [6.07, 6.45) is 2.22. The Kier molecular flexibility index (Phi) is 4.01. The summed E-state index contributed by atoms with van der Waals surface area (Å²) in [6.45, 7) is 9.96. The van der Waals surface area contributed by atoms with E-state index in [1.165, 1.54) is 24.4 Å². The summed E-state index contributed by atoms with van der Waals surface area (Å²) in [4.78, 5) is 20.9. The van der Waals surface area contributed by atoms with E-state index < -0.39 is 5.60 Å². The van der Waals surface area contributed by atoms with Crippen LogP contribution in [0.3, 0.4) is 0 Å². The lowest BCUT2D eigenvalue weighted by atomic mass is 10.2. The fourth-order valence-electron chi connectivity index (χ4n) is 2.59. The van der Waals surface area contributed by atoms with Crippen LogP contribution in [0.15, 0.2) is 0 Å². The summed E-state index contributed by atoms with van der Waals surface area (Å²) in [5.41, 5.74) is -0.452. The topological polar surface area (TPSA) is 58.6 Å². The van der Waals surface area contributed by atoms with Gasteiger partial charge < -0.3 is 14.5 Å². The molecule has 1 aliphatic heterocycles. The van der Waals surface area contributed by atoms with Crippen molar-refractivity contribution in [1.29, 1.82) is 0 Å². The number of aromatic nitrogens is 2. The van der Waals surface area contributed by atoms with Gasteiger partial charge in [0.05, 0.1) is 0 Å². The van der Waals surface area contributed by atoms with Crippen LogP contribution in [0.1, 0.15) is 52.3 Å². The average molecular weight is 324 g/mol. The molecule has 0 bridgehead atoms. The maximum absolute atomic E-state index is 12.2. The van der Waals surface area contributed by atoms with Crippen LogP contribution < -0.4 is 4.90 Å². The van der Waals surface area contributed by atoms with Gasteiger partial charge in [-0.05, 0) is 40.5 Å².